The maximum atomic E-state index is 11.8. The molecule has 1 rings (SSSR count). The maximum absolute atomic E-state index is 11.8. The number of amides is 1. The topological polar surface area (TPSA) is 80.0 Å². The van der Waals surface area contributed by atoms with Crippen LogP contribution in [-0.2, 0) is 0 Å². The first-order valence-corrected chi connectivity index (χ1v) is 4.12. The number of nitrogens with one attached hydrogen (secondary N) is 2. The SMILES string of the molecule is NNc1cnccc1C(=O)NCC(F)F. The third kappa shape index (κ3) is 3.13. The van der Waals surface area contributed by atoms with Crippen molar-refractivity contribution in [1.82, 2.24) is 10.3 Å². The molecule has 0 aromatic carbocycles. The summed E-state index contributed by atoms with van der Waals surface area (Å²) in [4.78, 5) is 15.1. The van der Waals surface area contributed by atoms with Crippen LogP contribution in [0.2, 0.25) is 0 Å². The van der Waals surface area contributed by atoms with E-state index in [1.165, 1.54) is 18.5 Å². The Morgan fingerprint density at radius 1 is 1.60 bits per heavy atom. The highest BCUT2D eigenvalue weighted by molar-refractivity contribution is 5.99. The van der Waals surface area contributed by atoms with Gasteiger partial charge in [0.25, 0.3) is 12.3 Å². The zero-order valence-electron chi connectivity index (χ0n) is 7.71. The van der Waals surface area contributed by atoms with E-state index >= 15 is 0 Å². The Morgan fingerprint density at radius 2 is 2.33 bits per heavy atom. The molecule has 0 atom stereocenters. The van der Waals surface area contributed by atoms with Crippen LogP contribution in [-0.4, -0.2) is 23.9 Å². The molecule has 15 heavy (non-hydrogen) atoms. The average Bonchev–Trinajstić information content (AvgIpc) is 2.25. The summed E-state index contributed by atoms with van der Waals surface area (Å²) in [6.07, 6.45) is 0.125. The van der Waals surface area contributed by atoms with Crippen LogP contribution in [0.5, 0.6) is 0 Å². The van der Waals surface area contributed by atoms with Crippen molar-refractivity contribution in [2.75, 3.05) is 12.0 Å². The molecule has 0 saturated carbocycles. The lowest BCUT2D eigenvalue weighted by Gasteiger charge is -2.08. The number of hydrogen-bond acceptors (Lipinski definition) is 4. The van der Waals surface area contributed by atoms with E-state index in [2.05, 4.69) is 15.7 Å². The molecule has 0 aliphatic carbocycles. The molecule has 5 nitrogen and oxygen atoms in total. The van der Waals surface area contributed by atoms with E-state index in [4.69, 9.17) is 5.84 Å². The Bertz CT molecular complexity index is 345. The standard InChI is InChI=1S/C8H10F2N4O/c9-7(10)4-13-8(15)5-1-2-12-3-6(5)14-11/h1-3,7,14H,4,11H2,(H,13,15). The third-order valence-electron chi connectivity index (χ3n) is 1.64. The zero-order valence-corrected chi connectivity index (χ0v) is 7.71. The summed E-state index contributed by atoms with van der Waals surface area (Å²) >= 11 is 0. The van der Waals surface area contributed by atoms with E-state index in [1.807, 2.05) is 0 Å². The van der Waals surface area contributed by atoms with Crippen molar-refractivity contribution in [2.24, 2.45) is 5.84 Å². The number of halogens is 2. The highest BCUT2D eigenvalue weighted by Crippen LogP contribution is 2.11. The fourth-order valence-corrected chi connectivity index (χ4v) is 0.973. The van der Waals surface area contributed by atoms with E-state index in [-0.39, 0.29) is 11.3 Å². The van der Waals surface area contributed by atoms with Gasteiger partial charge in [-0.25, -0.2) is 8.78 Å². The van der Waals surface area contributed by atoms with Crippen LogP contribution < -0.4 is 16.6 Å². The molecule has 7 heteroatoms. The van der Waals surface area contributed by atoms with Crippen molar-refractivity contribution in [2.45, 2.75) is 6.43 Å². The van der Waals surface area contributed by atoms with E-state index in [0.29, 0.717) is 0 Å². The summed E-state index contributed by atoms with van der Waals surface area (Å²) in [5, 5.41) is 2.06. The molecular weight excluding hydrogens is 206 g/mol. The molecule has 0 saturated heterocycles. The molecule has 0 bridgehead atoms. The van der Waals surface area contributed by atoms with Crippen molar-refractivity contribution in [3.8, 4) is 0 Å². The van der Waals surface area contributed by atoms with Gasteiger partial charge in [0.15, 0.2) is 0 Å². The van der Waals surface area contributed by atoms with Gasteiger partial charge in [-0.05, 0) is 6.07 Å². The number of carbonyl (C=O) groups excluding carboxylic acids is 1. The number of anilines is 1. The van der Waals surface area contributed by atoms with Crippen molar-refractivity contribution in [1.29, 1.82) is 0 Å². The fourth-order valence-electron chi connectivity index (χ4n) is 0.973. The summed E-state index contributed by atoms with van der Waals surface area (Å²) < 4.78 is 23.7. The number of carbonyl (C=O) groups is 1. The molecule has 0 aliphatic heterocycles. The first-order valence-electron chi connectivity index (χ1n) is 4.12. The van der Waals surface area contributed by atoms with Gasteiger partial charge < -0.3 is 10.7 Å². The summed E-state index contributed by atoms with van der Waals surface area (Å²) in [5.41, 5.74) is 2.71. The minimum Gasteiger partial charge on any atom is -0.346 e. The highest BCUT2D eigenvalue weighted by Gasteiger charge is 2.12. The second-order valence-corrected chi connectivity index (χ2v) is 2.67. The molecule has 0 radical (unpaired) electrons. The number of nitrogens with zero attached hydrogens (tertiary/aromatic N) is 1. The Morgan fingerprint density at radius 3 is 2.93 bits per heavy atom. The van der Waals surface area contributed by atoms with Crippen LogP contribution in [0.1, 0.15) is 10.4 Å². The van der Waals surface area contributed by atoms with Crippen LogP contribution in [0.3, 0.4) is 0 Å². The molecule has 1 aromatic heterocycles. The van der Waals surface area contributed by atoms with Crippen LogP contribution in [0.4, 0.5) is 14.5 Å². The molecule has 1 aromatic rings. The number of alkyl halides is 2. The zero-order chi connectivity index (χ0) is 11.3. The lowest BCUT2D eigenvalue weighted by Crippen LogP contribution is -2.29. The summed E-state index contributed by atoms with van der Waals surface area (Å²) in [7, 11) is 0. The number of pyridine rings is 1. The number of nitrogens with two attached hydrogens (primary N) is 1. The number of hydrazine groups is 1. The van der Waals surface area contributed by atoms with Crippen LogP contribution in [0.15, 0.2) is 18.5 Å². The second kappa shape index (κ2) is 5.20. The van der Waals surface area contributed by atoms with Gasteiger partial charge in [0.2, 0.25) is 0 Å². The van der Waals surface area contributed by atoms with E-state index < -0.39 is 18.9 Å². The van der Waals surface area contributed by atoms with Crippen molar-refractivity contribution in [3.05, 3.63) is 24.0 Å². The van der Waals surface area contributed by atoms with Gasteiger partial charge in [-0.2, -0.15) is 0 Å². The lowest BCUT2D eigenvalue weighted by atomic mass is 10.2. The Balaban J connectivity index is 2.72. The normalized spacial score (nSPS) is 10.1. The predicted octanol–water partition coefficient (Wildman–Crippen LogP) is 0.362. The first-order chi connectivity index (χ1) is 7.15. The third-order valence-corrected chi connectivity index (χ3v) is 1.64. The number of aromatic nitrogens is 1. The van der Waals surface area contributed by atoms with Crippen LogP contribution in [0, 0.1) is 0 Å². The number of hydrogen-bond donors (Lipinski definition) is 3. The molecule has 4 N–H and O–H groups in total. The maximum Gasteiger partial charge on any atom is 0.255 e. The summed E-state index contributed by atoms with van der Waals surface area (Å²) in [5.74, 6) is 4.51. The molecule has 0 aliphatic rings. The van der Waals surface area contributed by atoms with Crippen LogP contribution >= 0.6 is 0 Å². The number of nitrogen functional groups attached to an aromatic ring is 1. The molecule has 82 valence electrons. The molecule has 0 unspecified atom stereocenters. The van der Waals surface area contributed by atoms with Gasteiger partial charge >= 0.3 is 0 Å². The Labute approximate surface area is 84.6 Å². The van der Waals surface area contributed by atoms with E-state index in [0.717, 1.165) is 0 Å². The molecule has 1 heterocycles. The van der Waals surface area contributed by atoms with Gasteiger partial charge in [0.1, 0.15) is 0 Å². The van der Waals surface area contributed by atoms with Gasteiger partial charge in [0, 0.05) is 6.20 Å². The average molecular weight is 216 g/mol. The molecular formula is C8H10F2N4O. The smallest absolute Gasteiger partial charge is 0.255 e. The minimum absolute atomic E-state index is 0.174. The van der Waals surface area contributed by atoms with Gasteiger partial charge in [-0.3, -0.25) is 15.6 Å². The van der Waals surface area contributed by atoms with Crippen LogP contribution in [0.25, 0.3) is 0 Å². The Kier molecular flexibility index (Phi) is 3.92. The van der Waals surface area contributed by atoms with Gasteiger partial charge in [-0.15, -0.1) is 0 Å². The van der Waals surface area contributed by atoms with Crippen molar-refractivity contribution in [3.63, 3.8) is 0 Å². The Hall–Kier alpha value is -1.76. The summed E-state index contributed by atoms with van der Waals surface area (Å²) in [6.45, 7) is -0.689. The fraction of sp³-hybridized carbons (Fsp3) is 0.250. The van der Waals surface area contributed by atoms with E-state index in [1.54, 1.807) is 0 Å². The van der Waals surface area contributed by atoms with Crippen molar-refractivity contribution >= 4 is 11.6 Å². The van der Waals surface area contributed by atoms with Crippen molar-refractivity contribution < 1.29 is 13.6 Å². The lowest BCUT2D eigenvalue weighted by molar-refractivity contribution is 0.0892. The largest absolute Gasteiger partial charge is 0.346 e. The summed E-state index contributed by atoms with van der Waals surface area (Å²) in [6, 6.07) is 1.38. The number of rotatable bonds is 4. The minimum atomic E-state index is -2.58. The quantitative estimate of drug-likeness (QED) is 0.501. The van der Waals surface area contributed by atoms with Gasteiger partial charge in [-0.1, -0.05) is 0 Å². The molecule has 0 spiro atoms. The second-order valence-electron chi connectivity index (χ2n) is 2.67. The molecule has 0 fully saturated rings. The monoisotopic (exact) mass is 216 g/mol. The van der Waals surface area contributed by atoms with E-state index in [9.17, 15) is 13.6 Å². The van der Waals surface area contributed by atoms with Gasteiger partial charge in [0.05, 0.1) is 24.0 Å². The molecule has 1 amide bonds. The highest BCUT2D eigenvalue weighted by atomic mass is 19.3. The predicted molar refractivity (Wildman–Crippen MR) is 50.4 cm³/mol. The first kappa shape index (κ1) is 11.3.